The molecule has 0 amide bonds. The van der Waals surface area contributed by atoms with Crippen LogP contribution in [0.15, 0.2) is 48.5 Å². The SMILES string of the molecule is CCOc1cc2c(cc1C)Cc1cc(C)c(C)cc1Cc1cc(C)c(OCC)cc1Cc1cc(OCC)c(OCC)cc1C2. The topological polar surface area (TPSA) is 36.9 Å². The van der Waals surface area contributed by atoms with Gasteiger partial charge in [0.05, 0.1) is 26.4 Å². The summed E-state index contributed by atoms with van der Waals surface area (Å²) < 4.78 is 24.5. The zero-order valence-corrected chi connectivity index (χ0v) is 27.9. The van der Waals surface area contributed by atoms with Crippen molar-refractivity contribution in [3.63, 3.8) is 0 Å². The van der Waals surface area contributed by atoms with Crippen LogP contribution in [0.3, 0.4) is 0 Å². The van der Waals surface area contributed by atoms with Crippen molar-refractivity contribution < 1.29 is 18.9 Å². The molecule has 4 aromatic rings. The number of rotatable bonds is 8. The van der Waals surface area contributed by atoms with Crippen molar-refractivity contribution in [1.82, 2.24) is 0 Å². The summed E-state index contributed by atoms with van der Waals surface area (Å²) in [6, 6.07) is 18.4. The molecule has 5 rings (SSSR count). The van der Waals surface area contributed by atoms with Crippen molar-refractivity contribution in [3.8, 4) is 23.0 Å². The first-order chi connectivity index (χ1) is 21.2. The standard InChI is InChI=1S/C40H48O4/c1-9-41-37-21-33-19-35-23-39(43-11-3)40(44-12-4)24-36(35)20-34-22-38(42-10-2)28(8)16-32(34)18-30-14-26(6)25(5)13-29(30)17-31(33)15-27(37)7/h13-16,21-24H,9-12,17-20H2,1-8H3. The Kier molecular flexibility index (Phi) is 9.88. The molecule has 0 saturated heterocycles. The van der Waals surface area contributed by atoms with Crippen LogP contribution in [0.5, 0.6) is 23.0 Å². The van der Waals surface area contributed by atoms with E-state index in [0.717, 1.165) is 48.7 Å². The fraction of sp³-hybridized carbons (Fsp3) is 0.400. The second kappa shape index (κ2) is 13.8. The molecule has 0 saturated carbocycles. The molecular weight excluding hydrogens is 544 g/mol. The normalized spacial score (nSPS) is 12.5. The van der Waals surface area contributed by atoms with Crippen LogP contribution in [-0.4, -0.2) is 26.4 Å². The summed E-state index contributed by atoms with van der Waals surface area (Å²) in [5.74, 6) is 3.51. The zero-order chi connectivity index (χ0) is 31.4. The largest absolute Gasteiger partial charge is 0.494 e. The summed E-state index contributed by atoms with van der Waals surface area (Å²) in [6.07, 6.45) is 3.29. The van der Waals surface area contributed by atoms with Crippen LogP contribution in [0.1, 0.15) is 94.5 Å². The second-order valence-electron chi connectivity index (χ2n) is 12.0. The molecule has 0 aromatic heterocycles. The lowest BCUT2D eigenvalue weighted by Gasteiger charge is -2.23. The van der Waals surface area contributed by atoms with Gasteiger partial charge in [0.2, 0.25) is 0 Å². The first-order valence-electron chi connectivity index (χ1n) is 16.2. The Bertz CT molecular complexity index is 1530. The Morgan fingerprint density at radius 2 is 0.568 bits per heavy atom. The van der Waals surface area contributed by atoms with Gasteiger partial charge in [0.1, 0.15) is 11.5 Å². The van der Waals surface area contributed by atoms with Gasteiger partial charge in [-0.15, -0.1) is 0 Å². The Morgan fingerprint density at radius 3 is 0.864 bits per heavy atom. The molecule has 1 aliphatic rings. The maximum atomic E-state index is 6.14. The van der Waals surface area contributed by atoms with Gasteiger partial charge in [0.15, 0.2) is 11.5 Å². The minimum absolute atomic E-state index is 0.582. The maximum absolute atomic E-state index is 6.14. The van der Waals surface area contributed by atoms with Gasteiger partial charge in [-0.05, 0) is 172 Å². The smallest absolute Gasteiger partial charge is 0.161 e. The average Bonchev–Trinajstić information content (AvgIpc) is 2.98. The Hall–Kier alpha value is -3.92. The molecule has 0 atom stereocenters. The van der Waals surface area contributed by atoms with Gasteiger partial charge in [-0.1, -0.05) is 24.3 Å². The monoisotopic (exact) mass is 592 g/mol. The van der Waals surface area contributed by atoms with Crippen LogP contribution >= 0.6 is 0 Å². The van der Waals surface area contributed by atoms with Crippen LogP contribution in [0.25, 0.3) is 0 Å². The molecule has 0 unspecified atom stereocenters. The van der Waals surface area contributed by atoms with Gasteiger partial charge in [-0.3, -0.25) is 0 Å². The number of fused-ring (bicyclic) bond motifs is 4. The molecule has 4 aromatic carbocycles. The average molecular weight is 593 g/mol. The van der Waals surface area contributed by atoms with E-state index in [1.807, 2.05) is 13.8 Å². The highest BCUT2D eigenvalue weighted by atomic mass is 16.5. The van der Waals surface area contributed by atoms with Crippen LogP contribution in [0.4, 0.5) is 0 Å². The summed E-state index contributed by atoms with van der Waals surface area (Å²) in [5, 5.41) is 0. The van der Waals surface area contributed by atoms with E-state index in [-0.39, 0.29) is 0 Å². The van der Waals surface area contributed by atoms with Gasteiger partial charge >= 0.3 is 0 Å². The van der Waals surface area contributed by atoms with Crippen molar-refractivity contribution in [2.24, 2.45) is 0 Å². The molecule has 44 heavy (non-hydrogen) atoms. The molecule has 0 N–H and O–H groups in total. The highest BCUT2D eigenvalue weighted by Gasteiger charge is 2.21. The van der Waals surface area contributed by atoms with Crippen molar-refractivity contribution >= 4 is 0 Å². The summed E-state index contributed by atoms with van der Waals surface area (Å²) in [5.41, 5.74) is 15.5. The minimum atomic E-state index is 0.582. The third-order valence-corrected chi connectivity index (χ3v) is 8.80. The lowest BCUT2D eigenvalue weighted by Crippen LogP contribution is -2.10. The van der Waals surface area contributed by atoms with Crippen molar-refractivity contribution in [2.45, 2.75) is 81.1 Å². The molecule has 4 heteroatoms. The fourth-order valence-electron chi connectivity index (χ4n) is 6.46. The maximum Gasteiger partial charge on any atom is 0.161 e. The minimum Gasteiger partial charge on any atom is -0.494 e. The third kappa shape index (κ3) is 6.75. The molecule has 0 spiro atoms. The summed E-state index contributed by atoms with van der Waals surface area (Å²) in [7, 11) is 0. The van der Waals surface area contributed by atoms with Gasteiger partial charge in [-0.2, -0.15) is 0 Å². The molecule has 0 fully saturated rings. The summed E-state index contributed by atoms with van der Waals surface area (Å²) in [4.78, 5) is 0. The van der Waals surface area contributed by atoms with E-state index in [2.05, 4.69) is 90.1 Å². The fourth-order valence-corrected chi connectivity index (χ4v) is 6.46. The van der Waals surface area contributed by atoms with Crippen LogP contribution < -0.4 is 18.9 Å². The van der Waals surface area contributed by atoms with E-state index in [1.165, 1.54) is 66.8 Å². The molecular formula is C40H48O4. The molecule has 0 radical (unpaired) electrons. The number of benzene rings is 4. The van der Waals surface area contributed by atoms with Crippen molar-refractivity contribution in [2.75, 3.05) is 26.4 Å². The quantitative estimate of drug-likeness (QED) is 0.180. The van der Waals surface area contributed by atoms with Gasteiger partial charge in [-0.25, -0.2) is 0 Å². The highest BCUT2D eigenvalue weighted by molar-refractivity contribution is 5.56. The van der Waals surface area contributed by atoms with E-state index >= 15 is 0 Å². The predicted molar refractivity (Wildman–Crippen MR) is 181 cm³/mol. The van der Waals surface area contributed by atoms with E-state index in [4.69, 9.17) is 18.9 Å². The van der Waals surface area contributed by atoms with Crippen LogP contribution in [0.2, 0.25) is 0 Å². The predicted octanol–water partition coefficient (Wildman–Crippen LogP) is 9.19. The first kappa shape index (κ1) is 31.5. The molecule has 232 valence electrons. The lowest BCUT2D eigenvalue weighted by atomic mass is 9.84. The lowest BCUT2D eigenvalue weighted by molar-refractivity contribution is 0.287. The number of aryl methyl sites for hydroxylation is 4. The van der Waals surface area contributed by atoms with Gasteiger partial charge in [0, 0.05) is 0 Å². The number of ether oxygens (including phenoxy) is 4. The molecule has 4 nitrogen and oxygen atoms in total. The molecule has 0 bridgehead atoms. The summed E-state index contributed by atoms with van der Waals surface area (Å²) in [6.45, 7) is 19.4. The molecule has 0 heterocycles. The number of hydrogen-bond acceptors (Lipinski definition) is 4. The Morgan fingerprint density at radius 1 is 0.341 bits per heavy atom. The van der Waals surface area contributed by atoms with E-state index < -0.39 is 0 Å². The van der Waals surface area contributed by atoms with Crippen LogP contribution in [-0.2, 0) is 25.7 Å². The first-order valence-corrected chi connectivity index (χ1v) is 16.2. The molecule has 1 aliphatic carbocycles. The van der Waals surface area contributed by atoms with Gasteiger partial charge in [0.25, 0.3) is 0 Å². The van der Waals surface area contributed by atoms with Crippen molar-refractivity contribution in [3.05, 3.63) is 115 Å². The van der Waals surface area contributed by atoms with E-state index in [1.54, 1.807) is 0 Å². The Labute approximate surface area is 264 Å². The van der Waals surface area contributed by atoms with E-state index in [9.17, 15) is 0 Å². The van der Waals surface area contributed by atoms with Crippen LogP contribution in [0, 0.1) is 27.7 Å². The van der Waals surface area contributed by atoms with Gasteiger partial charge < -0.3 is 18.9 Å². The van der Waals surface area contributed by atoms with Crippen molar-refractivity contribution in [1.29, 1.82) is 0 Å². The number of hydrogen-bond donors (Lipinski definition) is 0. The van der Waals surface area contributed by atoms with E-state index in [0.29, 0.717) is 26.4 Å². The zero-order valence-electron chi connectivity index (χ0n) is 27.9. The molecule has 0 aliphatic heterocycles. The summed E-state index contributed by atoms with van der Waals surface area (Å²) >= 11 is 0. The third-order valence-electron chi connectivity index (χ3n) is 8.80. The highest BCUT2D eigenvalue weighted by Crippen LogP contribution is 2.38. The second-order valence-corrected chi connectivity index (χ2v) is 12.0. The Balaban J connectivity index is 1.79.